The quantitative estimate of drug-likeness (QED) is 0.560. The van der Waals surface area contributed by atoms with Crippen LogP contribution in [0.1, 0.15) is 72.5 Å². The number of methoxy groups -OCH3 is 1. The maximum Gasteiger partial charge on any atom is 0.254 e. The summed E-state index contributed by atoms with van der Waals surface area (Å²) in [5.74, 6) is 1.93. The number of sulfonamides is 1. The molecule has 0 aromatic heterocycles. The molecule has 2 fully saturated rings. The van der Waals surface area contributed by atoms with E-state index in [4.69, 9.17) is 9.73 Å². The van der Waals surface area contributed by atoms with E-state index in [0.717, 1.165) is 54.1 Å². The number of aryl methyl sites for hydroxylation is 1. The van der Waals surface area contributed by atoms with Crippen molar-refractivity contribution in [3.05, 3.63) is 28.3 Å². The number of aliphatic imine (C=N–C) groups is 1. The monoisotopic (exact) mass is 532 g/mol. The Morgan fingerprint density at radius 2 is 1.86 bits per heavy atom. The second-order valence-electron chi connectivity index (χ2n) is 10.9. The molecule has 10 heteroatoms. The third kappa shape index (κ3) is 5.41. The molecule has 3 aliphatic rings. The van der Waals surface area contributed by atoms with Crippen LogP contribution >= 0.6 is 0 Å². The molecule has 204 valence electrons. The van der Waals surface area contributed by atoms with Gasteiger partial charge in [0.1, 0.15) is 17.1 Å². The predicted octanol–water partition coefficient (Wildman–Crippen LogP) is 2.73. The molecule has 1 aromatic carbocycles. The summed E-state index contributed by atoms with van der Waals surface area (Å²) in [4.78, 5) is 30.1. The number of piperidine rings is 1. The second kappa shape index (κ2) is 10.7. The van der Waals surface area contributed by atoms with Gasteiger partial charge in [0.2, 0.25) is 10.0 Å². The van der Waals surface area contributed by atoms with Crippen LogP contribution in [0.4, 0.5) is 0 Å². The zero-order valence-corrected chi connectivity index (χ0v) is 23.5. The first-order chi connectivity index (χ1) is 17.5. The number of benzene rings is 1. The molecule has 0 unspecified atom stereocenters. The first-order valence-corrected chi connectivity index (χ1v) is 14.9. The van der Waals surface area contributed by atoms with Crippen LogP contribution in [-0.2, 0) is 21.2 Å². The second-order valence-corrected chi connectivity index (χ2v) is 13.0. The van der Waals surface area contributed by atoms with Gasteiger partial charge in [-0.1, -0.05) is 19.8 Å². The fourth-order valence-corrected chi connectivity index (χ4v) is 7.52. The van der Waals surface area contributed by atoms with Gasteiger partial charge in [0, 0.05) is 26.1 Å². The molecule has 2 heterocycles. The molecule has 1 saturated carbocycles. The number of carbonyl (C=O) groups excluding carboxylic acids is 2. The van der Waals surface area contributed by atoms with E-state index < -0.39 is 15.6 Å². The molecule has 2 amide bonds. The Labute approximate surface area is 220 Å². The van der Waals surface area contributed by atoms with Crippen molar-refractivity contribution in [3.8, 4) is 5.75 Å². The van der Waals surface area contributed by atoms with Crippen LogP contribution in [0.25, 0.3) is 0 Å². The van der Waals surface area contributed by atoms with Crippen molar-refractivity contribution < 1.29 is 22.7 Å². The number of carbonyl (C=O) groups is 2. The van der Waals surface area contributed by atoms with Gasteiger partial charge in [-0.25, -0.2) is 12.7 Å². The van der Waals surface area contributed by atoms with E-state index >= 15 is 0 Å². The Kier molecular flexibility index (Phi) is 7.99. The molecular formula is C27H40N4O5S. The van der Waals surface area contributed by atoms with Crippen molar-refractivity contribution in [3.63, 3.8) is 0 Å². The van der Waals surface area contributed by atoms with E-state index in [1.807, 2.05) is 13.8 Å². The summed E-state index contributed by atoms with van der Waals surface area (Å²) < 4.78 is 33.6. The van der Waals surface area contributed by atoms with Crippen molar-refractivity contribution in [2.45, 2.75) is 71.3 Å². The zero-order valence-electron chi connectivity index (χ0n) is 22.6. The first-order valence-electron chi connectivity index (χ1n) is 13.3. The standard InChI is InChI=1S/C27H40N4O5S/c1-17-6-8-20(9-7-17)24-29-26(33)27(30-24)11-13-31(14-12-27)37(34,35)15-10-21-18(2)16-22(25(32)28-4)23(36-5)19(21)3/h16-17,20H,6-15H2,1-5H3,(H,28,32)(H,29,30,33). The summed E-state index contributed by atoms with van der Waals surface area (Å²) in [6.45, 7) is 6.57. The van der Waals surface area contributed by atoms with Crippen LogP contribution < -0.4 is 15.4 Å². The highest BCUT2D eigenvalue weighted by atomic mass is 32.2. The lowest BCUT2D eigenvalue weighted by molar-refractivity contribution is -0.125. The first kappa shape index (κ1) is 27.6. The van der Waals surface area contributed by atoms with Crippen LogP contribution in [0.3, 0.4) is 0 Å². The van der Waals surface area contributed by atoms with E-state index in [0.29, 0.717) is 36.5 Å². The Bertz CT molecular complexity index is 1190. The SMILES string of the molecule is CNC(=O)c1cc(C)c(CCS(=O)(=O)N2CCC3(CC2)N=C(C2CCC(C)CC2)NC3=O)c(C)c1OC. The Morgan fingerprint density at radius 1 is 1.22 bits per heavy atom. The van der Waals surface area contributed by atoms with Crippen molar-refractivity contribution in [1.82, 2.24) is 14.9 Å². The average molecular weight is 533 g/mol. The number of rotatable bonds is 7. The Balaban J connectivity index is 1.42. The lowest BCUT2D eigenvalue weighted by atomic mass is 9.82. The van der Waals surface area contributed by atoms with Crippen molar-refractivity contribution in [2.75, 3.05) is 33.0 Å². The number of hydrogen-bond acceptors (Lipinski definition) is 6. The lowest BCUT2D eigenvalue weighted by Crippen LogP contribution is -2.51. The summed E-state index contributed by atoms with van der Waals surface area (Å²) in [6, 6.07) is 1.75. The summed E-state index contributed by atoms with van der Waals surface area (Å²) in [6.07, 6.45) is 5.51. The highest BCUT2D eigenvalue weighted by Gasteiger charge is 2.48. The Morgan fingerprint density at radius 3 is 2.46 bits per heavy atom. The van der Waals surface area contributed by atoms with Gasteiger partial charge in [-0.15, -0.1) is 0 Å². The van der Waals surface area contributed by atoms with E-state index in [1.165, 1.54) is 11.4 Å². The number of nitrogens with one attached hydrogen (secondary N) is 2. The molecular weight excluding hydrogens is 492 g/mol. The van der Waals surface area contributed by atoms with Gasteiger partial charge in [-0.3, -0.25) is 14.6 Å². The largest absolute Gasteiger partial charge is 0.496 e. The smallest absolute Gasteiger partial charge is 0.254 e. The maximum absolute atomic E-state index is 13.3. The summed E-state index contributed by atoms with van der Waals surface area (Å²) in [7, 11) is -0.464. The van der Waals surface area contributed by atoms with E-state index in [9.17, 15) is 18.0 Å². The lowest BCUT2D eigenvalue weighted by Gasteiger charge is -2.34. The average Bonchev–Trinajstić information content (AvgIpc) is 3.18. The van der Waals surface area contributed by atoms with Gasteiger partial charge in [0.25, 0.3) is 11.8 Å². The number of nitrogens with zero attached hydrogens (tertiary/aromatic N) is 2. The van der Waals surface area contributed by atoms with Gasteiger partial charge in [0.15, 0.2) is 0 Å². The molecule has 2 aliphatic heterocycles. The number of amidine groups is 1. The van der Waals surface area contributed by atoms with Crippen molar-refractivity contribution in [1.29, 1.82) is 0 Å². The third-order valence-electron chi connectivity index (χ3n) is 8.50. The minimum absolute atomic E-state index is 0.0505. The van der Waals surface area contributed by atoms with Crippen molar-refractivity contribution in [2.24, 2.45) is 16.8 Å². The molecule has 1 spiro atoms. The van der Waals surface area contributed by atoms with Gasteiger partial charge in [-0.2, -0.15) is 0 Å². The summed E-state index contributed by atoms with van der Waals surface area (Å²) in [5.41, 5.74) is 2.10. The summed E-state index contributed by atoms with van der Waals surface area (Å²) >= 11 is 0. The molecule has 2 N–H and O–H groups in total. The molecule has 4 rings (SSSR count). The van der Waals surface area contributed by atoms with Crippen LogP contribution in [0.5, 0.6) is 5.75 Å². The van der Waals surface area contributed by atoms with Crippen LogP contribution in [0.15, 0.2) is 11.1 Å². The number of hydrogen-bond donors (Lipinski definition) is 2. The number of ether oxygens (including phenoxy) is 1. The van der Waals surface area contributed by atoms with Crippen LogP contribution in [-0.4, -0.2) is 68.9 Å². The fourth-order valence-electron chi connectivity index (χ4n) is 6.06. The maximum atomic E-state index is 13.3. The highest BCUT2D eigenvalue weighted by molar-refractivity contribution is 7.89. The van der Waals surface area contributed by atoms with Crippen molar-refractivity contribution >= 4 is 27.7 Å². The molecule has 1 aliphatic carbocycles. The zero-order chi connectivity index (χ0) is 27.0. The minimum atomic E-state index is -3.54. The topological polar surface area (TPSA) is 117 Å². The normalized spacial score (nSPS) is 24.0. The minimum Gasteiger partial charge on any atom is -0.496 e. The van der Waals surface area contributed by atoms with E-state index in [2.05, 4.69) is 17.6 Å². The molecule has 0 atom stereocenters. The fraction of sp³-hybridized carbons (Fsp3) is 0.667. The van der Waals surface area contributed by atoms with Gasteiger partial charge < -0.3 is 15.4 Å². The van der Waals surface area contributed by atoms with Gasteiger partial charge in [0.05, 0.1) is 18.4 Å². The summed E-state index contributed by atoms with van der Waals surface area (Å²) in [5, 5.41) is 5.66. The van der Waals surface area contributed by atoms with E-state index in [-0.39, 0.29) is 30.7 Å². The van der Waals surface area contributed by atoms with Crippen LogP contribution in [0, 0.1) is 25.7 Å². The van der Waals surface area contributed by atoms with Gasteiger partial charge in [-0.05, 0) is 74.6 Å². The molecule has 1 saturated heterocycles. The molecule has 0 bridgehead atoms. The number of amides is 2. The molecule has 9 nitrogen and oxygen atoms in total. The van der Waals surface area contributed by atoms with E-state index in [1.54, 1.807) is 13.1 Å². The molecule has 37 heavy (non-hydrogen) atoms. The Hall–Kier alpha value is -2.46. The van der Waals surface area contributed by atoms with Gasteiger partial charge >= 0.3 is 0 Å². The highest BCUT2D eigenvalue weighted by Crippen LogP contribution is 2.36. The molecule has 0 radical (unpaired) electrons. The predicted molar refractivity (Wildman–Crippen MR) is 144 cm³/mol. The van der Waals surface area contributed by atoms with Crippen LogP contribution in [0.2, 0.25) is 0 Å². The molecule has 1 aromatic rings. The third-order valence-corrected chi connectivity index (χ3v) is 10.4.